The molecule has 0 radical (unpaired) electrons. The maximum Gasteiger partial charge on any atom is 0.167 e. The summed E-state index contributed by atoms with van der Waals surface area (Å²) >= 11 is 6.17. The third-order valence-electron chi connectivity index (χ3n) is 3.17. The minimum Gasteiger partial charge on any atom is -0.497 e. The van der Waals surface area contributed by atoms with Crippen molar-refractivity contribution in [2.75, 3.05) is 14.2 Å². The number of rotatable bonds is 3. The van der Waals surface area contributed by atoms with E-state index < -0.39 is 5.82 Å². The number of ether oxygens (including phenoxy) is 2. The Bertz CT molecular complexity index is 817. The van der Waals surface area contributed by atoms with E-state index in [1.807, 2.05) is 6.07 Å². The molecule has 21 heavy (non-hydrogen) atoms. The highest BCUT2D eigenvalue weighted by Gasteiger charge is 2.10. The Morgan fingerprint density at radius 1 is 1.14 bits per heavy atom. The van der Waals surface area contributed by atoms with Crippen molar-refractivity contribution in [1.29, 1.82) is 0 Å². The highest BCUT2D eigenvalue weighted by Crippen LogP contribution is 2.29. The average Bonchev–Trinajstić information content (AvgIpc) is 2.91. The van der Waals surface area contributed by atoms with E-state index >= 15 is 0 Å². The number of nitrogens with zero attached hydrogens (tertiary/aromatic N) is 2. The summed E-state index contributed by atoms with van der Waals surface area (Å²) in [5.41, 5.74) is 1.22. The first-order valence-electron chi connectivity index (χ1n) is 6.19. The second-order valence-electron chi connectivity index (χ2n) is 4.44. The number of hydrogen-bond acceptors (Lipinski definition) is 3. The SMILES string of the molecule is COc1cc(Cl)c2nn(-c3ccc(OC)c(F)c3)cc2c1. The van der Waals surface area contributed by atoms with Crippen LogP contribution in [0.15, 0.2) is 36.5 Å². The van der Waals surface area contributed by atoms with Crippen LogP contribution in [0, 0.1) is 5.82 Å². The first-order chi connectivity index (χ1) is 10.1. The summed E-state index contributed by atoms with van der Waals surface area (Å²) in [5, 5.41) is 5.67. The van der Waals surface area contributed by atoms with Gasteiger partial charge in [0, 0.05) is 23.7 Å². The van der Waals surface area contributed by atoms with E-state index in [1.54, 1.807) is 36.2 Å². The fraction of sp³-hybridized carbons (Fsp3) is 0.133. The summed E-state index contributed by atoms with van der Waals surface area (Å²) in [7, 11) is 2.99. The minimum absolute atomic E-state index is 0.190. The molecule has 0 saturated heterocycles. The monoisotopic (exact) mass is 306 g/mol. The molecule has 4 nitrogen and oxygen atoms in total. The Balaban J connectivity index is 2.12. The number of aromatic nitrogens is 2. The van der Waals surface area contributed by atoms with Crippen LogP contribution in [0.25, 0.3) is 16.6 Å². The fourth-order valence-corrected chi connectivity index (χ4v) is 2.37. The van der Waals surface area contributed by atoms with Gasteiger partial charge < -0.3 is 9.47 Å². The van der Waals surface area contributed by atoms with Crippen LogP contribution in [0.3, 0.4) is 0 Å². The van der Waals surface area contributed by atoms with E-state index in [0.29, 0.717) is 22.0 Å². The highest BCUT2D eigenvalue weighted by molar-refractivity contribution is 6.35. The molecule has 0 spiro atoms. The lowest BCUT2D eigenvalue weighted by Gasteiger charge is -2.04. The van der Waals surface area contributed by atoms with Crippen molar-refractivity contribution in [2.45, 2.75) is 0 Å². The third kappa shape index (κ3) is 2.40. The van der Waals surface area contributed by atoms with E-state index in [1.165, 1.54) is 13.2 Å². The number of hydrogen-bond donors (Lipinski definition) is 0. The van der Waals surface area contributed by atoms with Gasteiger partial charge in [-0.1, -0.05) is 11.6 Å². The zero-order chi connectivity index (χ0) is 15.0. The second kappa shape index (κ2) is 5.26. The molecule has 0 unspecified atom stereocenters. The first kappa shape index (κ1) is 13.7. The molecule has 0 amide bonds. The van der Waals surface area contributed by atoms with Crippen LogP contribution in [0.1, 0.15) is 0 Å². The summed E-state index contributed by atoms with van der Waals surface area (Å²) in [6, 6.07) is 8.15. The van der Waals surface area contributed by atoms with E-state index in [2.05, 4.69) is 5.10 Å². The highest BCUT2D eigenvalue weighted by atomic mass is 35.5. The van der Waals surface area contributed by atoms with Crippen LogP contribution in [-0.2, 0) is 0 Å². The molecule has 3 aromatic rings. The van der Waals surface area contributed by atoms with Crippen molar-refractivity contribution in [3.05, 3.63) is 47.4 Å². The van der Waals surface area contributed by atoms with Gasteiger partial charge in [0.25, 0.3) is 0 Å². The van der Waals surface area contributed by atoms with Gasteiger partial charge in [-0.05, 0) is 18.2 Å². The smallest absolute Gasteiger partial charge is 0.167 e. The Morgan fingerprint density at radius 2 is 1.95 bits per heavy atom. The molecular formula is C15H12ClFN2O2. The Labute approximate surface area is 125 Å². The molecule has 1 aromatic heterocycles. The summed E-state index contributed by atoms with van der Waals surface area (Å²) in [6.07, 6.45) is 1.77. The zero-order valence-electron chi connectivity index (χ0n) is 11.4. The molecule has 0 fully saturated rings. The molecule has 2 aromatic carbocycles. The zero-order valence-corrected chi connectivity index (χ0v) is 12.2. The lowest BCUT2D eigenvalue weighted by Crippen LogP contribution is -1.96. The summed E-state index contributed by atoms with van der Waals surface area (Å²) in [5.74, 6) is 0.390. The van der Waals surface area contributed by atoms with Gasteiger partial charge in [0.1, 0.15) is 11.3 Å². The molecule has 0 aliphatic heterocycles. The van der Waals surface area contributed by atoms with Gasteiger partial charge in [-0.3, -0.25) is 0 Å². The topological polar surface area (TPSA) is 36.3 Å². The maximum atomic E-state index is 13.8. The average molecular weight is 307 g/mol. The minimum atomic E-state index is -0.446. The summed E-state index contributed by atoms with van der Waals surface area (Å²) in [4.78, 5) is 0. The maximum absolute atomic E-state index is 13.8. The van der Waals surface area contributed by atoms with Gasteiger partial charge in [-0.25, -0.2) is 9.07 Å². The molecule has 3 rings (SSSR count). The van der Waals surface area contributed by atoms with Crippen molar-refractivity contribution in [1.82, 2.24) is 9.78 Å². The van der Waals surface area contributed by atoms with Crippen LogP contribution < -0.4 is 9.47 Å². The molecule has 0 atom stereocenters. The van der Waals surface area contributed by atoms with E-state index in [0.717, 1.165) is 5.39 Å². The summed E-state index contributed by atoms with van der Waals surface area (Å²) < 4.78 is 25.4. The first-order valence-corrected chi connectivity index (χ1v) is 6.57. The molecular weight excluding hydrogens is 295 g/mol. The third-order valence-corrected chi connectivity index (χ3v) is 3.46. The van der Waals surface area contributed by atoms with Crippen molar-refractivity contribution in [3.8, 4) is 17.2 Å². The van der Waals surface area contributed by atoms with Gasteiger partial charge in [0.05, 0.1) is 24.9 Å². The lowest BCUT2D eigenvalue weighted by molar-refractivity contribution is 0.386. The molecule has 0 N–H and O–H groups in total. The fourth-order valence-electron chi connectivity index (χ4n) is 2.11. The number of methoxy groups -OCH3 is 2. The van der Waals surface area contributed by atoms with E-state index in [4.69, 9.17) is 21.1 Å². The van der Waals surface area contributed by atoms with Crippen LogP contribution in [-0.4, -0.2) is 24.0 Å². The van der Waals surface area contributed by atoms with Gasteiger partial charge in [-0.2, -0.15) is 5.10 Å². The van der Waals surface area contributed by atoms with Gasteiger partial charge in [-0.15, -0.1) is 0 Å². The van der Waals surface area contributed by atoms with Gasteiger partial charge in [0.2, 0.25) is 0 Å². The van der Waals surface area contributed by atoms with E-state index in [9.17, 15) is 4.39 Å². The van der Waals surface area contributed by atoms with Gasteiger partial charge >= 0.3 is 0 Å². The normalized spacial score (nSPS) is 10.9. The van der Waals surface area contributed by atoms with Crippen LogP contribution >= 0.6 is 11.6 Å². The largest absolute Gasteiger partial charge is 0.497 e. The molecule has 6 heteroatoms. The Morgan fingerprint density at radius 3 is 2.62 bits per heavy atom. The summed E-state index contributed by atoms with van der Waals surface area (Å²) in [6.45, 7) is 0. The number of halogens is 2. The standard InChI is InChI=1S/C15H12ClFN2O2/c1-20-11-5-9-8-19(18-15(9)12(16)7-11)10-3-4-14(21-2)13(17)6-10/h3-8H,1-2H3. The molecule has 1 heterocycles. The predicted molar refractivity (Wildman–Crippen MR) is 79.1 cm³/mol. The molecule has 0 bridgehead atoms. The second-order valence-corrected chi connectivity index (χ2v) is 4.85. The van der Waals surface area contributed by atoms with Crippen LogP contribution in [0.2, 0.25) is 5.02 Å². The molecule has 0 aliphatic carbocycles. The predicted octanol–water partition coefficient (Wildman–Crippen LogP) is 3.84. The van der Waals surface area contributed by atoms with Crippen molar-refractivity contribution in [3.63, 3.8) is 0 Å². The molecule has 0 aliphatic rings. The van der Waals surface area contributed by atoms with Crippen molar-refractivity contribution in [2.24, 2.45) is 0 Å². The number of fused-ring (bicyclic) bond motifs is 1. The lowest BCUT2D eigenvalue weighted by atomic mass is 10.2. The van der Waals surface area contributed by atoms with E-state index in [-0.39, 0.29) is 5.75 Å². The van der Waals surface area contributed by atoms with Crippen molar-refractivity contribution < 1.29 is 13.9 Å². The van der Waals surface area contributed by atoms with Crippen LogP contribution in [0.4, 0.5) is 4.39 Å². The number of benzene rings is 2. The molecule has 108 valence electrons. The quantitative estimate of drug-likeness (QED) is 0.738. The van der Waals surface area contributed by atoms with Crippen LogP contribution in [0.5, 0.6) is 11.5 Å². The van der Waals surface area contributed by atoms with Gasteiger partial charge in [0.15, 0.2) is 11.6 Å². The Kier molecular flexibility index (Phi) is 3.43. The molecule has 0 saturated carbocycles. The Hall–Kier alpha value is -2.27. The van der Waals surface area contributed by atoms with Crippen molar-refractivity contribution >= 4 is 22.5 Å².